The minimum atomic E-state index is 0.378. The summed E-state index contributed by atoms with van der Waals surface area (Å²) in [4.78, 5) is 3.50. The van der Waals surface area contributed by atoms with Gasteiger partial charge in [-0.1, -0.05) is 11.8 Å². The van der Waals surface area contributed by atoms with Crippen molar-refractivity contribution in [2.24, 2.45) is 0 Å². The highest BCUT2D eigenvalue weighted by Gasteiger charge is 2.30. The summed E-state index contributed by atoms with van der Waals surface area (Å²) < 4.78 is 5.85. The lowest BCUT2D eigenvalue weighted by atomic mass is 10.1. The molecule has 0 bridgehead atoms. The van der Waals surface area contributed by atoms with Gasteiger partial charge in [0.2, 0.25) is 0 Å². The van der Waals surface area contributed by atoms with E-state index in [-0.39, 0.29) is 0 Å². The van der Waals surface area contributed by atoms with E-state index in [4.69, 9.17) is 16.2 Å². The summed E-state index contributed by atoms with van der Waals surface area (Å²) in [5.74, 6) is 0.776. The fourth-order valence-electron chi connectivity index (χ4n) is 2.61. The highest BCUT2D eigenvalue weighted by molar-refractivity contribution is 8.00. The molecule has 1 saturated heterocycles. The van der Waals surface area contributed by atoms with Crippen molar-refractivity contribution in [1.82, 2.24) is 4.90 Å². The normalized spacial score (nSPS) is 23.7. The minimum Gasteiger partial charge on any atom is -0.488 e. The van der Waals surface area contributed by atoms with Gasteiger partial charge in [0.25, 0.3) is 0 Å². The first kappa shape index (κ1) is 12.0. The molecular formula is C13H19N3OS. The van der Waals surface area contributed by atoms with Gasteiger partial charge in [-0.25, -0.2) is 0 Å². The molecule has 5 heteroatoms. The van der Waals surface area contributed by atoms with Crippen LogP contribution in [0.5, 0.6) is 5.75 Å². The van der Waals surface area contributed by atoms with Crippen molar-refractivity contribution < 1.29 is 4.74 Å². The van der Waals surface area contributed by atoms with E-state index in [1.165, 1.54) is 12.8 Å². The number of nitrogens with two attached hydrogens (primary N) is 2. The predicted octanol–water partition coefficient (Wildman–Crippen LogP) is 2.07. The maximum atomic E-state index is 6.16. The highest BCUT2D eigenvalue weighted by atomic mass is 32.2. The molecule has 4 N–H and O–H groups in total. The molecular weight excluding hydrogens is 246 g/mol. The molecule has 98 valence electrons. The van der Waals surface area contributed by atoms with E-state index >= 15 is 0 Å². The molecule has 1 fully saturated rings. The van der Waals surface area contributed by atoms with E-state index in [1.54, 1.807) is 11.8 Å². The summed E-state index contributed by atoms with van der Waals surface area (Å²) >= 11 is 1.81. The van der Waals surface area contributed by atoms with Crippen LogP contribution in [0.4, 0.5) is 11.4 Å². The Kier molecular flexibility index (Phi) is 3.03. The van der Waals surface area contributed by atoms with Crippen molar-refractivity contribution in [2.75, 3.05) is 31.2 Å². The third-order valence-electron chi connectivity index (χ3n) is 3.68. The van der Waals surface area contributed by atoms with Crippen molar-refractivity contribution in [3.63, 3.8) is 0 Å². The quantitative estimate of drug-likeness (QED) is 0.761. The number of aryl methyl sites for hydroxylation is 1. The van der Waals surface area contributed by atoms with Crippen LogP contribution in [0.25, 0.3) is 0 Å². The van der Waals surface area contributed by atoms with Crippen LogP contribution in [0.3, 0.4) is 0 Å². The molecule has 0 spiro atoms. The Hall–Kier alpha value is -1.07. The van der Waals surface area contributed by atoms with Crippen LogP contribution in [-0.4, -0.2) is 30.0 Å². The zero-order chi connectivity index (χ0) is 12.7. The molecule has 18 heavy (non-hydrogen) atoms. The monoisotopic (exact) mass is 265 g/mol. The summed E-state index contributed by atoms with van der Waals surface area (Å²) in [5.41, 5.74) is 14.7. The highest BCUT2D eigenvalue weighted by Crippen LogP contribution is 2.46. The molecule has 1 atom stereocenters. The van der Waals surface area contributed by atoms with E-state index in [0.29, 0.717) is 17.7 Å². The molecule has 1 aromatic rings. The SMILES string of the molecule is Cc1cc(N)c2c(c1N)SC(N1CCCC1)CO2. The van der Waals surface area contributed by atoms with E-state index < -0.39 is 0 Å². The average Bonchev–Trinajstić information content (AvgIpc) is 2.89. The minimum absolute atomic E-state index is 0.378. The van der Waals surface area contributed by atoms with E-state index in [1.807, 2.05) is 13.0 Å². The number of hydrogen-bond acceptors (Lipinski definition) is 5. The zero-order valence-corrected chi connectivity index (χ0v) is 11.4. The first-order chi connectivity index (χ1) is 8.66. The summed E-state index contributed by atoms with van der Waals surface area (Å²) in [6.45, 7) is 5.02. The van der Waals surface area contributed by atoms with Crippen LogP contribution < -0.4 is 16.2 Å². The lowest BCUT2D eigenvalue weighted by Gasteiger charge is -2.32. The third kappa shape index (κ3) is 1.91. The van der Waals surface area contributed by atoms with Crippen molar-refractivity contribution >= 4 is 23.1 Å². The fourth-order valence-corrected chi connectivity index (χ4v) is 3.95. The summed E-state index contributed by atoms with van der Waals surface area (Å²) in [5, 5.41) is 0.378. The molecule has 4 nitrogen and oxygen atoms in total. The van der Waals surface area contributed by atoms with Gasteiger partial charge in [-0.05, 0) is 44.5 Å². The first-order valence-electron chi connectivity index (χ1n) is 6.39. The van der Waals surface area contributed by atoms with Gasteiger partial charge in [-0.3, -0.25) is 4.90 Å². The molecule has 2 heterocycles. The maximum Gasteiger partial charge on any atom is 0.158 e. The third-order valence-corrected chi connectivity index (χ3v) is 5.03. The average molecular weight is 265 g/mol. The number of nitrogens with zero attached hydrogens (tertiary/aromatic N) is 1. The Morgan fingerprint density at radius 1 is 1.33 bits per heavy atom. The molecule has 0 aliphatic carbocycles. The molecule has 3 rings (SSSR count). The van der Waals surface area contributed by atoms with Crippen LogP contribution >= 0.6 is 11.8 Å². The maximum absolute atomic E-state index is 6.16. The van der Waals surface area contributed by atoms with Gasteiger partial charge < -0.3 is 16.2 Å². The predicted molar refractivity (Wildman–Crippen MR) is 76.0 cm³/mol. The Morgan fingerprint density at radius 3 is 2.78 bits per heavy atom. The number of benzene rings is 1. The van der Waals surface area contributed by atoms with Gasteiger partial charge in [0.15, 0.2) is 5.75 Å². The smallest absolute Gasteiger partial charge is 0.158 e. The van der Waals surface area contributed by atoms with Crippen molar-refractivity contribution in [3.05, 3.63) is 11.6 Å². The topological polar surface area (TPSA) is 64.5 Å². The van der Waals surface area contributed by atoms with Crippen molar-refractivity contribution in [1.29, 1.82) is 0 Å². The molecule has 2 aliphatic rings. The van der Waals surface area contributed by atoms with Gasteiger partial charge in [0.05, 0.1) is 21.6 Å². The lowest BCUT2D eigenvalue weighted by molar-refractivity contribution is 0.207. The summed E-state index contributed by atoms with van der Waals surface area (Å²) in [6.07, 6.45) is 2.57. The number of fused-ring (bicyclic) bond motifs is 1. The van der Waals surface area contributed by atoms with Gasteiger partial charge in [-0.2, -0.15) is 0 Å². The number of likely N-dealkylation sites (tertiary alicyclic amines) is 1. The number of nitrogen functional groups attached to an aromatic ring is 2. The van der Waals surface area contributed by atoms with Gasteiger partial charge >= 0.3 is 0 Å². The number of anilines is 2. The van der Waals surface area contributed by atoms with Gasteiger partial charge in [0.1, 0.15) is 6.61 Å². The number of thioether (sulfide) groups is 1. The molecule has 0 radical (unpaired) electrons. The lowest BCUT2D eigenvalue weighted by Crippen LogP contribution is -2.37. The first-order valence-corrected chi connectivity index (χ1v) is 7.27. The second-order valence-corrected chi connectivity index (χ2v) is 6.17. The summed E-state index contributed by atoms with van der Waals surface area (Å²) in [7, 11) is 0. The van der Waals surface area contributed by atoms with Crippen LogP contribution in [0.15, 0.2) is 11.0 Å². The van der Waals surface area contributed by atoms with Crippen LogP contribution in [-0.2, 0) is 0 Å². The Bertz CT molecular complexity index is 472. The molecule has 1 aromatic carbocycles. The van der Waals surface area contributed by atoms with Crippen molar-refractivity contribution in [3.8, 4) is 5.75 Å². The molecule has 0 aromatic heterocycles. The zero-order valence-electron chi connectivity index (χ0n) is 10.6. The second-order valence-electron chi connectivity index (χ2n) is 4.98. The Labute approximate surface area is 112 Å². The molecule has 0 saturated carbocycles. The largest absolute Gasteiger partial charge is 0.488 e. The van der Waals surface area contributed by atoms with Crippen LogP contribution in [0, 0.1) is 6.92 Å². The standard InChI is InChI=1S/C13H19N3OS/c1-8-6-9(14)12-13(11(8)15)18-10(7-17-12)16-4-2-3-5-16/h6,10H,2-5,7,14-15H2,1H3. The van der Waals surface area contributed by atoms with Gasteiger partial charge in [-0.15, -0.1) is 0 Å². The summed E-state index contributed by atoms with van der Waals surface area (Å²) in [6, 6.07) is 1.89. The fraction of sp³-hybridized carbons (Fsp3) is 0.538. The molecule has 1 unspecified atom stereocenters. The van der Waals surface area contributed by atoms with E-state index in [2.05, 4.69) is 4.90 Å². The van der Waals surface area contributed by atoms with Gasteiger partial charge in [0, 0.05) is 0 Å². The van der Waals surface area contributed by atoms with Crippen LogP contribution in [0.2, 0.25) is 0 Å². The van der Waals surface area contributed by atoms with E-state index in [9.17, 15) is 0 Å². The second kappa shape index (κ2) is 4.55. The number of hydrogen-bond donors (Lipinski definition) is 2. The molecule has 2 aliphatic heterocycles. The number of rotatable bonds is 1. The van der Waals surface area contributed by atoms with Crippen molar-refractivity contribution in [2.45, 2.75) is 30.0 Å². The number of ether oxygens (including phenoxy) is 1. The molecule has 0 amide bonds. The Balaban J connectivity index is 1.91. The Morgan fingerprint density at radius 2 is 2.06 bits per heavy atom. The van der Waals surface area contributed by atoms with E-state index in [0.717, 1.165) is 35.0 Å². The van der Waals surface area contributed by atoms with Crippen LogP contribution in [0.1, 0.15) is 18.4 Å².